The number of halogens is 1. The Morgan fingerprint density at radius 2 is 1.63 bits per heavy atom. The van der Waals surface area contributed by atoms with E-state index in [9.17, 15) is 0 Å². The van der Waals surface area contributed by atoms with Crippen molar-refractivity contribution in [1.82, 2.24) is 0 Å². The third-order valence-corrected chi connectivity index (χ3v) is 3.43. The average Bonchev–Trinajstić information content (AvgIpc) is 2.25. The van der Waals surface area contributed by atoms with Crippen LogP contribution in [0.25, 0.3) is 0 Å². The van der Waals surface area contributed by atoms with E-state index in [4.69, 9.17) is 10.5 Å². The van der Waals surface area contributed by atoms with Gasteiger partial charge in [0.15, 0.2) is 0 Å². The summed E-state index contributed by atoms with van der Waals surface area (Å²) in [7, 11) is 0. The van der Waals surface area contributed by atoms with Gasteiger partial charge in [-0.2, -0.15) is 0 Å². The summed E-state index contributed by atoms with van der Waals surface area (Å²) in [5, 5.41) is 0. The monoisotopic (exact) mass is 319 g/mol. The first kappa shape index (κ1) is 13.9. The van der Waals surface area contributed by atoms with Gasteiger partial charge in [0.2, 0.25) is 0 Å². The molecule has 0 aromatic heterocycles. The van der Waals surface area contributed by atoms with Crippen molar-refractivity contribution >= 4 is 21.6 Å². The van der Waals surface area contributed by atoms with Crippen molar-refractivity contribution in [2.75, 3.05) is 5.73 Å². The summed E-state index contributed by atoms with van der Waals surface area (Å²) in [6.45, 7) is 6.77. The predicted molar refractivity (Wildman–Crippen MR) is 83.5 cm³/mol. The molecule has 0 aliphatic carbocycles. The second-order valence-electron chi connectivity index (χ2n) is 4.91. The molecule has 0 unspecified atom stereocenters. The van der Waals surface area contributed by atoms with E-state index < -0.39 is 0 Å². The zero-order valence-corrected chi connectivity index (χ0v) is 13.0. The fraction of sp³-hybridized carbons (Fsp3) is 0.250. The lowest BCUT2D eigenvalue weighted by molar-refractivity contribution is 0.302. The zero-order valence-electron chi connectivity index (χ0n) is 11.5. The van der Waals surface area contributed by atoms with Gasteiger partial charge in [-0.1, -0.05) is 33.6 Å². The standard InChI is InChI=1S/C16H18BrNO/c1-10-4-11(2)16(12(3)5-10)19-9-13-6-14(17)8-15(18)7-13/h4-8H,9,18H2,1-3H3. The quantitative estimate of drug-likeness (QED) is 0.843. The summed E-state index contributed by atoms with van der Waals surface area (Å²) >= 11 is 3.44. The number of benzene rings is 2. The molecule has 2 nitrogen and oxygen atoms in total. The second kappa shape index (κ2) is 5.66. The molecule has 2 aromatic rings. The molecular formula is C16H18BrNO. The SMILES string of the molecule is Cc1cc(C)c(OCc2cc(N)cc(Br)c2)c(C)c1. The van der Waals surface area contributed by atoms with Crippen LogP contribution >= 0.6 is 15.9 Å². The van der Waals surface area contributed by atoms with Crippen LogP contribution in [-0.2, 0) is 6.61 Å². The van der Waals surface area contributed by atoms with Crippen LogP contribution in [0.3, 0.4) is 0 Å². The third-order valence-electron chi connectivity index (χ3n) is 2.97. The van der Waals surface area contributed by atoms with Crippen molar-refractivity contribution in [2.24, 2.45) is 0 Å². The van der Waals surface area contributed by atoms with Crippen LogP contribution in [0.5, 0.6) is 5.75 Å². The minimum absolute atomic E-state index is 0.522. The Balaban J connectivity index is 2.19. The van der Waals surface area contributed by atoms with E-state index in [1.54, 1.807) is 0 Å². The topological polar surface area (TPSA) is 35.2 Å². The summed E-state index contributed by atoms with van der Waals surface area (Å²) in [4.78, 5) is 0. The van der Waals surface area contributed by atoms with E-state index in [0.717, 1.165) is 21.5 Å². The number of hydrogen-bond donors (Lipinski definition) is 1. The molecule has 0 aliphatic heterocycles. The smallest absolute Gasteiger partial charge is 0.125 e. The lowest BCUT2D eigenvalue weighted by Crippen LogP contribution is -2.00. The molecule has 0 aliphatic rings. The molecule has 19 heavy (non-hydrogen) atoms. The number of anilines is 1. The number of aryl methyl sites for hydroxylation is 3. The number of ether oxygens (including phenoxy) is 1. The van der Waals surface area contributed by atoms with Crippen molar-refractivity contribution in [3.63, 3.8) is 0 Å². The first-order chi connectivity index (χ1) is 8.95. The Bertz CT molecular complexity index is 564. The molecule has 0 spiro atoms. The van der Waals surface area contributed by atoms with Crippen molar-refractivity contribution in [3.8, 4) is 5.75 Å². The van der Waals surface area contributed by atoms with Crippen LogP contribution in [0.2, 0.25) is 0 Å². The number of nitrogens with two attached hydrogens (primary N) is 1. The first-order valence-corrected chi connectivity index (χ1v) is 7.00. The molecule has 0 fully saturated rings. The lowest BCUT2D eigenvalue weighted by atomic mass is 10.1. The van der Waals surface area contributed by atoms with Gasteiger partial charge in [0, 0.05) is 10.2 Å². The molecule has 0 saturated heterocycles. The molecule has 2 N–H and O–H groups in total. The van der Waals surface area contributed by atoms with Gasteiger partial charge in [-0.3, -0.25) is 0 Å². The molecule has 100 valence electrons. The van der Waals surface area contributed by atoms with Crippen LogP contribution in [0.1, 0.15) is 22.3 Å². The summed E-state index contributed by atoms with van der Waals surface area (Å²) < 4.78 is 6.92. The molecule has 0 amide bonds. The molecule has 0 heterocycles. The van der Waals surface area contributed by atoms with E-state index in [1.807, 2.05) is 18.2 Å². The third kappa shape index (κ3) is 3.51. The maximum Gasteiger partial charge on any atom is 0.125 e. The van der Waals surface area contributed by atoms with Gasteiger partial charge in [-0.15, -0.1) is 0 Å². The summed E-state index contributed by atoms with van der Waals surface area (Å²) in [6, 6.07) is 10.1. The van der Waals surface area contributed by atoms with Crippen molar-refractivity contribution in [3.05, 3.63) is 57.1 Å². The lowest BCUT2D eigenvalue weighted by Gasteiger charge is -2.13. The molecule has 0 saturated carbocycles. The van der Waals surface area contributed by atoms with Gasteiger partial charge in [0.25, 0.3) is 0 Å². The van der Waals surface area contributed by atoms with Crippen LogP contribution in [0, 0.1) is 20.8 Å². The van der Waals surface area contributed by atoms with Crippen LogP contribution in [0.15, 0.2) is 34.8 Å². The maximum atomic E-state index is 5.94. The first-order valence-electron chi connectivity index (χ1n) is 6.21. The summed E-state index contributed by atoms with van der Waals surface area (Å²) in [6.07, 6.45) is 0. The number of nitrogen functional groups attached to an aromatic ring is 1. The van der Waals surface area contributed by atoms with Gasteiger partial charge in [-0.25, -0.2) is 0 Å². The summed E-state index contributed by atoms with van der Waals surface area (Å²) in [5.41, 5.74) is 11.2. The highest BCUT2D eigenvalue weighted by molar-refractivity contribution is 9.10. The van der Waals surface area contributed by atoms with Gasteiger partial charge >= 0.3 is 0 Å². The van der Waals surface area contributed by atoms with E-state index >= 15 is 0 Å². The van der Waals surface area contributed by atoms with Gasteiger partial charge in [-0.05, 0) is 55.7 Å². The van der Waals surface area contributed by atoms with E-state index in [-0.39, 0.29) is 0 Å². The fourth-order valence-electron chi connectivity index (χ4n) is 2.31. The zero-order chi connectivity index (χ0) is 14.0. The molecule has 2 aromatic carbocycles. The van der Waals surface area contributed by atoms with Crippen molar-refractivity contribution in [2.45, 2.75) is 27.4 Å². The second-order valence-corrected chi connectivity index (χ2v) is 5.83. The van der Waals surface area contributed by atoms with Gasteiger partial charge in [0.1, 0.15) is 12.4 Å². The normalized spacial score (nSPS) is 10.5. The minimum atomic E-state index is 0.522. The van der Waals surface area contributed by atoms with Gasteiger partial charge in [0.05, 0.1) is 0 Å². The highest BCUT2D eigenvalue weighted by atomic mass is 79.9. The Hall–Kier alpha value is -1.48. The highest BCUT2D eigenvalue weighted by Crippen LogP contribution is 2.26. The Morgan fingerprint density at radius 3 is 2.21 bits per heavy atom. The van der Waals surface area contributed by atoms with Crippen molar-refractivity contribution in [1.29, 1.82) is 0 Å². The molecule has 0 radical (unpaired) electrons. The van der Waals surface area contributed by atoms with Crippen molar-refractivity contribution < 1.29 is 4.74 Å². The summed E-state index contributed by atoms with van der Waals surface area (Å²) in [5.74, 6) is 0.962. The Morgan fingerprint density at radius 1 is 1.00 bits per heavy atom. The molecule has 3 heteroatoms. The van der Waals surface area contributed by atoms with Crippen LogP contribution < -0.4 is 10.5 Å². The van der Waals surface area contributed by atoms with Crippen LogP contribution in [-0.4, -0.2) is 0 Å². The molecule has 2 rings (SSSR count). The Kier molecular flexibility index (Phi) is 4.15. The molecule has 0 bridgehead atoms. The molecule has 0 atom stereocenters. The number of rotatable bonds is 3. The van der Waals surface area contributed by atoms with Crippen LogP contribution in [0.4, 0.5) is 5.69 Å². The Labute approximate surface area is 122 Å². The van der Waals surface area contributed by atoms with E-state index in [1.165, 1.54) is 16.7 Å². The van der Waals surface area contributed by atoms with Gasteiger partial charge < -0.3 is 10.5 Å². The minimum Gasteiger partial charge on any atom is -0.488 e. The maximum absolute atomic E-state index is 5.94. The largest absolute Gasteiger partial charge is 0.488 e. The van der Waals surface area contributed by atoms with E-state index in [0.29, 0.717) is 6.61 Å². The number of hydrogen-bond acceptors (Lipinski definition) is 2. The highest BCUT2D eigenvalue weighted by Gasteiger charge is 2.06. The van der Waals surface area contributed by atoms with E-state index in [2.05, 4.69) is 48.8 Å². The average molecular weight is 320 g/mol. The molecular weight excluding hydrogens is 302 g/mol. The fourth-order valence-corrected chi connectivity index (χ4v) is 2.87. The predicted octanol–water partition coefficient (Wildman–Crippen LogP) is 4.54.